The van der Waals surface area contributed by atoms with Crippen molar-refractivity contribution in [3.8, 4) is 0 Å². The second kappa shape index (κ2) is 6.79. The average molecular weight is 371 g/mol. The number of nitrogens with one attached hydrogen (secondary N) is 1. The smallest absolute Gasteiger partial charge is 0.204 e. The molecule has 2 heterocycles. The number of fused-ring (bicyclic) bond motifs is 3. The van der Waals surface area contributed by atoms with Gasteiger partial charge in [0.25, 0.3) is 0 Å². The average Bonchev–Trinajstić information content (AvgIpc) is 3.12. The van der Waals surface area contributed by atoms with Gasteiger partial charge in [0.05, 0.1) is 23.1 Å². The van der Waals surface area contributed by atoms with Gasteiger partial charge >= 0.3 is 0 Å². The van der Waals surface area contributed by atoms with Crippen LogP contribution >= 0.6 is 0 Å². The van der Waals surface area contributed by atoms with Crippen LogP contribution in [0, 0.1) is 5.82 Å². The minimum Gasteiger partial charge on any atom is -0.349 e. The lowest BCUT2D eigenvalue weighted by molar-refractivity contribution is 0.477. The molecule has 0 amide bonds. The standard InChI is InChI=1S/C24H22FN3/c1-2-16-7-9-18(10-8-16)23-15-21(17-11-13-19(25)14-12-17)27-24-26-20-5-3-4-6-22(20)28(23)24/h3-14,21,23H,2,15H2,1H3,(H,26,27)/t21-,23+/m1/s1. The number of para-hydroxylation sites is 2. The molecule has 4 heteroatoms. The van der Waals surface area contributed by atoms with Crippen molar-refractivity contribution in [1.82, 2.24) is 9.55 Å². The summed E-state index contributed by atoms with van der Waals surface area (Å²) in [6.45, 7) is 2.17. The first kappa shape index (κ1) is 17.0. The van der Waals surface area contributed by atoms with E-state index in [9.17, 15) is 4.39 Å². The lowest BCUT2D eigenvalue weighted by Gasteiger charge is -2.33. The Kier molecular flexibility index (Phi) is 4.12. The van der Waals surface area contributed by atoms with Crippen molar-refractivity contribution in [2.75, 3.05) is 5.32 Å². The molecule has 3 nitrogen and oxygen atoms in total. The van der Waals surface area contributed by atoms with Crippen LogP contribution in [-0.4, -0.2) is 9.55 Å². The molecular formula is C24H22FN3. The number of halogens is 1. The van der Waals surface area contributed by atoms with Crippen molar-refractivity contribution in [3.63, 3.8) is 0 Å². The SMILES string of the molecule is CCc1ccc([C@@H]2C[C@H](c3ccc(F)cc3)Nc3nc4ccccc4n32)cc1. The highest BCUT2D eigenvalue weighted by Crippen LogP contribution is 2.41. The summed E-state index contributed by atoms with van der Waals surface area (Å²) in [6.07, 6.45) is 1.91. The second-order valence-corrected chi connectivity index (χ2v) is 7.39. The van der Waals surface area contributed by atoms with E-state index >= 15 is 0 Å². The Morgan fingerprint density at radius 3 is 2.43 bits per heavy atom. The van der Waals surface area contributed by atoms with Crippen LogP contribution in [-0.2, 0) is 6.42 Å². The van der Waals surface area contributed by atoms with Gasteiger partial charge in [0.1, 0.15) is 5.82 Å². The fraction of sp³-hybridized carbons (Fsp3) is 0.208. The first-order chi connectivity index (χ1) is 13.7. The fourth-order valence-electron chi connectivity index (χ4n) is 4.18. The number of imidazole rings is 1. The molecule has 4 aromatic rings. The predicted molar refractivity (Wildman–Crippen MR) is 111 cm³/mol. The van der Waals surface area contributed by atoms with Crippen LogP contribution in [0.1, 0.15) is 42.1 Å². The van der Waals surface area contributed by atoms with Gasteiger partial charge in [-0.05, 0) is 53.8 Å². The zero-order valence-electron chi connectivity index (χ0n) is 15.8. The number of rotatable bonds is 3. The highest BCUT2D eigenvalue weighted by molar-refractivity contribution is 5.79. The van der Waals surface area contributed by atoms with Crippen molar-refractivity contribution in [2.24, 2.45) is 0 Å². The molecule has 0 fully saturated rings. The number of anilines is 1. The third kappa shape index (κ3) is 2.85. The molecule has 2 atom stereocenters. The highest BCUT2D eigenvalue weighted by atomic mass is 19.1. The van der Waals surface area contributed by atoms with Crippen molar-refractivity contribution in [2.45, 2.75) is 31.8 Å². The topological polar surface area (TPSA) is 29.9 Å². The van der Waals surface area contributed by atoms with Crippen LogP contribution in [0.5, 0.6) is 0 Å². The van der Waals surface area contributed by atoms with Gasteiger partial charge in [-0.3, -0.25) is 0 Å². The van der Waals surface area contributed by atoms with Gasteiger partial charge in [-0.2, -0.15) is 0 Å². The van der Waals surface area contributed by atoms with Gasteiger partial charge in [-0.25, -0.2) is 9.37 Å². The quantitative estimate of drug-likeness (QED) is 0.487. The van der Waals surface area contributed by atoms with E-state index in [0.29, 0.717) is 0 Å². The Hall–Kier alpha value is -3.14. The summed E-state index contributed by atoms with van der Waals surface area (Å²) in [4.78, 5) is 4.83. The molecule has 3 aromatic carbocycles. The molecule has 28 heavy (non-hydrogen) atoms. The van der Waals surface area contributed by atoms with Gasteiger partial charge in [0.2, 0.25) is 5.95 Å². The maximum Gasteiger partial charge on any atom is 0.204 e. The summed E-state index contributed by atoms with van der Waals surface area (Å²) in [6, 6.07) is 24.2. The molecule has 1 aliphatic rings. The molecule has 140 valence electrons. The van der Waals surface area contributed by atoms with E-state index in [1.165, 1.54) is 23.3 Å². The molecule has 0 aliphatic carbocycles. The molecule has 0 spiro atoms. The summed E-state index contributed by atoms with van der Waals surface area (Å²) in [5, 5.41) is 3.57. The van der Waals surface area contributed by atoms with E-state index in [1.807, 2.05) is 24.3 Å². The molecule has 0 unspecified atom stereocenters. The van der Waals surface area contributed by atoms with E-state index in [-0.39, 0.29) is 17.9 Å². The van der Waals surface area contributed by atoms with Crippen molar-refractivity contribution in [3.05, 3.63) is 95.3 Å². The lowest BCUT2D eigenvalue weighted by atomic mass is 9.92. The largest absolute Gasteiger partial charge is 0.349 e. The molecule has 0 saturated heterocycles. The van der Waals surface area contributed by atoms with Gasteiger partial charge in [-0.1, -0.05) is 55.5 Å². The van der Waals surface area contributed by atoms with E-state index in [0.717, 1.165) is 35.4 Å². The molecular weight excluding hydrogens is 349 g/mol. The molecule has 0 radical (unpaired) electrons. The minimum absolute atomic E-state index is 0.0840. The Balaban J connectivity index is 1.63. The molecule has 1 aromatic heterocycles. The first-order valence-electron chi connectivity index (χ1n) is 9.80. The number of hydrogen-bond acceptors (Lipinski definition) is 2. The maximum atomic E-state index is 13.4. The molecule has 0 saturated carbocycles. The molecule has 1 aliphatic heterocycles. The number of aryl methyl sites for hydroxylation is 1. The number of hydrogen-bond donors (Lipinski definition) is 1. The molecule has 5 rings (SSSR count). The Bertz CT molecular complexity index is 1110. The van der Waals surface area contributed by atoms with Crippen LogP contribution in [0.3, 0.4) is 0 Å². The van der Waals surface area contributed by atoms with Crippen LogP contribution < -0.4 is 5.32 Å². The molecule has 1 N–H and O–H groups in total. The second-order valence-electron chi connectivity index (χ2n) is 7.39. The summed E-state index contributed by atoms with van der Waals surface area (Å²) in [7, 11) is 0. The van der Waals surface area contributed by atoms with Crippen LogP contribution in [0.2, 0.25) is 0 Å². The zero-order valence-corrected chi connectivity index (χ0v) is 15.8. The summed E-state index contributed by atoms with van der Waals surface area (Å²) in [5.74, 6) is 0.657. The summed E-state index contributed by atoms with van der Waals surface area (Å²) in [5.41, 5.74) is 5.81. The third-order valence-corrected chi connectivity index (χ3v) is 5.71. The Labute approximate surface area is 163 Å². The van der Waals surface area contributed by atoms with Crippen LogP contribution in [0.4, 0.5) is 10.3 Å². The van der Waals surface area contributed by atoms with E-state index < -0.39 is 0 Å². The number of aromatic nitrogens is 2. The Morgan fingerprint density at radius 2 is 1.68 bits per heavy atom. The minimum atomic E-state index is -0.210. The first-order valence-corrected chi connectivity index (χ1v) is 9.80. The Morgan fingerprint density at radius 1 is 0.964 bits per heavy atom. The van der Waals surface area contributed by atoms with Gasteiger partial charge in [-0.15, -0.1) is 0 Å². The number of benzene rings is 3. The summed E-state index contributed by atoms with van der Waals surface area (Å²) >= 11 is 0. The number of nitrogens with zero attached hydrogens (tertiary/aromatic N) is 2. The normalized spacial score (nSPS) is 18.6. The third-order valence-electron chi connectivity index (χ3n) is 5.71. The highest BCUT2D eigenvalue weighted by Gasteiger charge is 2.30. The monoisotopic (exact) mass is 371 g/mol. The van der Waals surface area contributed by atoms with E-state index in [1.54, 1.807) is 0 Å². The van der Waals surface area contributed by atoms with Gasteiger partial charge in [0, 0.05) is 0 Å². The van der Waals surface area contributed by atoms with Crippen LogP contribution in [0.25, 0.3) is 11.0 Å². The van der Waals surface area contributed by atoms with Crippen molar-refractivity contribution in [1.29, 1.82) is 0 Å². The van der Waals surface area contributed by atoms with Gasteiger partial charge < -0.3 is 9.88 Å². The van der Waals surface area contributed by atoms with E-state index in [4.69, 9.17) is 4.98 Å². The summed E-state index contributed by atoms with van der Waals surface area (Å²) < 4.78 is 15.7. The predicted octanol–water partition coefficient (Wildman–Crippen LogP) is 5.88. The van der Waals surface area contributed by atoms with E-state index in [2.05, 4.69) is 53.2 Å². The van der Waals surface area contributed by atoms with Crippen molar-refractivity contribution >= 4 is 17.0 Å². The maximum absolute atomic E-state index is 13.4. The zero-order chi connectivity index (χ0) is 19.1. The molecule has 0 bridgehead atoms. The lowest BCUT2D eigenvalue weighted by Crippen LogP contribution is -2.27. The van der Waals surface area contributed by atoms with Gasteiger partial charge in [0.15, 0.2) is 0 Å². The van der Waals surface area contributed by atoms with Crippen molar-refractivity contribution < 1.29 is 4.39 Å². The van der Waals surface area contributed by atoms with Crippen LogP contribution in [0.15, 0.2) is 72.8 Å². The fourth-order valence-corrected chi connectivity index (χ4v) is 4.18.